The van der Waals surface area contributed by atoms with Crippen LogP contribution in [0.15, 0.2) is 12.1 Å². The van der Waals surface area contributed by atoms with Gasteiger partial charge in [-0.05, 0) is 29.3 Å². The first-order valence-corrected chi connectivity index (χ1v) is 3.87. The van der Waals surface area contributed by atoms with Gasteiger partial charge in [-0.1, -0.05) is 0 Å². The fourth-order valence-corrected chi connectivity index (χ4v) is 1.59. The summed E-state index contributed by atoms with van der Waals surface area (Å²) in [7, 11) is 0. The maximum Gasteiger partial charge on any atom is 0.270 e. The number of aromatic nitrogens is 2. The molecule has 4 heteroatoms. The first kappa shape index (κ1) is 6.20. The summed E-state index contributed by atoms with van der Waals surface area (Å²) in [6, 6.07) is 3.94. The van der Waals surface area contributed by atoms with Crippen LogP contribution in [-0.4, -0.2) is 15.4 Å². The van der Waals surface area contributed by atoms with Gasteiger partial charge in [-0.2, -0.15) is 5.10 Å². The Bertz CT molecular complexity index is 515. The fourth-order valence-electron chi connectivity index (χ4n) is 1.45. The second-order valence-electron chi connectivity index (χ2n) is 2.79. The van der Waals surface area contributed by atoms with Crippen LogP contribution in [0.1, 0.15) is 10.5 Å². The maximum atomic E-state index is 10.8. The summed E-state index contributed by atoms with van der Waals surface area (Å²) >= 11 is 5.33. The normalized spacial score (nSPS) is 12.1. The zero-order valence-corrected chi connectivity index (χ0v) is 6.64. The number of nitrogens with one attached hydrogen (secondary N) is 1. The van der Waals surface area contributed by atoms with Crippen LogP contribution >= 0.6 is 11.6 Å². The molecule has 12 heavy (non-hydrogen) atoms. The third-order valence-corrected chi connectivity index (χ3v) is 2.27. The molecule has 0 unspecified atom stereocenters. The summed E-state index contributed by atoms with van der Waals surface area (Å²) in [5, 5.41) is 6.96. The first-order chi connectivity index (χ1) is 5.77. The van der Waals surface area contributed by atoms with E-state index in [0.29, 0.717) is 5.69 Å². The van der Waals surface area contributed by atoms with Crippen molar-refractivity contribution in [3.8, 4) is 11.1 Å². The zero-order valence-electron chi connectivity index (χ0n) is 5.89. The van der Waals surface area contributed by atoms with E-state index in [9.17, 15) is 4.79 Å². The number of benzene rings is 1. The molecule has 1 N–H and O–H groups in total. The van der Waals surface area contributed by atoms with Crippen molar-refractivity contribution in [1.82, 2.24) is 10.2 Å². The minimum absolute atomic E-state index is 0.396. The third-order valence-electron chi connectivity index (χ3n) is 2.08. The second-order valence-corrected chi connectivity index (χ2v) is 3.14. The molecule has 0 spiro atoms. The number of hydrogen-bond donors (Lipinski definition) is 1. The maximum absolute atomic E-state index is 10.8. The molecule has 0 bridgehead atoms. The van der Waals surface area contributed by atoms with Gasteiger partial charge in [0.25, 0.3) is 5.24 Å². The lowest BCUT2D eigenvalue weighted by molar-refractivity contribution is 0.107. The van der Waals surface area contributed by atoms with E-state index in [1.54, 1.807) is 0 Å². The Morgan fingerprint density at radius 2 is 2.33 bits per heavy atom. The van der Waals surface area contributed by atoms with Gasteiger partial charge in [-0.25, -0.2) is 0 Å². The highest BCUT2D eigenvalue weighted by Gasteiger charge is 2.23. The highest BCUT2D eigenvalue weighted by Crippen LogP contribution is 2.43. The average molecular weight is 179 g/mol. The predicted octanol–water partition coefficient (Wildman–Crippen LogP) is 1.92. The molecule has 0 fully saturated rings. The molecule has 0 radical (unpaired) electrons. The largest absolute Gasteiger partial charge is 0.274 e. The molecule has 0 amide bonds. The summed E-state index contributed by atoms with van der Waals surface area (Å²) in [5.41, 5.74) is 3.55. The lowest BCUT2D eigenvalue weighted by atomic mass is 10.3. The first-order valence-electron chi connectivity index (χ1n) is 3.50. The molecule has 1 heterocycles. The van der Waals surface area contributed by atoms with E-state index in [-0.39, 0.29) is 0 Å². The van der Waals surface area contributed by atoms with Crippen molar-refractivity contribution in [3.05, 3.63) is 17.8 Å². The van der Waals surface area contributed by atoms with Crippen LogP contribution < -0.4 is 0 Å². The van der Waals surface area contributed by atoms with Crippen molar-refractivity contribution < 1.29 is 4.79 Å². The van der Waals surface area contributed by atoms with Crippen molar-refractivity contribution in [1.29, 1.82) is 0 Å². The Labute approximate surface area is 72.3 Å². The van der Waals surface area contributed by atoms with Crippen LogP contribution in [-0.2, 0) is 0 Å². The van der Waals surface area contributed by atoms with Crippen LogP contribution in [0.5, 0.6) is 0 Å². The van der Waals surface area contributed by atoms with Crippen molar-refractivity contribution in [2.45, 2.75) is 0 Å². The summed E-state index contributed by atoms with van der Waals surface area (Å²) in [4.78, 5) is 10.8. The molecule has 0 aliphatic heterocycles. The van der Waals surface area contributed by atoms with Gasteiger partial charge < -0.3 is 0 Å². The molecule has 1 aromatic heterocycles. The quantitative estimate of drug-likeness (QED) is 0.579. The number of aromatic amines is 1. The summed E-state index contributed by atoms with van der Waals surface area (Å²) in [5.74, 6) is 0. The van der Waals surface area contributed by atoms with Gasteiger partial charge in [0.05, 0.1) is 0 Å². The Kier molecular flexibility index (Phi) is 0.875. The molecular weight excluding hydrogens is 176 g/mol. The lowest BCUT2D eigenvalue weighted by Gasteiger charge is -1.82. The number of H-pyrrole nitrogens is 1. The van der Waals surface area contributed by atoms with Crippen molar-refractivity contribution in [2.75, 3.05) is 0 Å². The summed E-state index contributed by atoms with van der Waals surface area (Å²) in [6.07, 6.45) is 0. The Balaban J connectivity index is 2.43. The third kappa shape index (κ3) is 0.576. The highest BCUT2D eigenvalue weighted by atomic mass is 35.5. The molecular formula is C8H3ClN2O. The summed E-state index contributed by atoms with van der Waals surface area (Å²) < 4.78 is 0. The Morgan fingerprint density at radius 3 is 3.08 bits per heavy atom. The molecule has 1 aromatic rings. The topological polar surface area (TPSA) is 45.8 Å². The second kappa shape index (κ2) is 1.69. The lowest BCUT2D eigenvalue weighted by Crippen LogP contribution is -1.88. The minimum atomic E-state index is -0.484. The number of rotatable bonds is 1. The van der Waals surface area contributed by atoms with E-state index in [1.165, 1.54) is 5.56 Å². The van der Waals surface area contributed by atoms with E-state index in [0.717, 1.165) is 16.5 Å². The van der Waals surface area contributed by atoms with E-state index in [4.69, 9.17) is 11.6 Å². The molecule has 58 valence electrons. The average Bonchev–Trinajstić information content (AvgIpc) is 2.54. The van der Waals surface area contributed by atoms with Crippen LogP contribution in [0, 0.1) is 0 Å². The van der Waals surface area contributed by atoms with Crippen LogP contribution in [0.3, 0.4) is 0 Å². The van der Waals surface area contributed by atoms with Crippen LogP contribution in [0.4, 0.5) is 0 Å². The monoisotopic (exact) mass is 178 g/mol. The van der Waals surface area contributed by atoms with E-state index >= 15 is 0 Å². The van der Waals surface area contributed by atoms with Gasteiger partial charge in [0.2, 0.25) is 0 Å². The number of fused-ring (bicyclic) bond motifs is 3. The van der Waals surface area contributed by atoms with Crippen LogP contribution in [0.25, 0.3) is 22.0 Å². The highest BCUT2D eigenvalue weighted by molar-refractivity contribution is 6.68. The van der Waals surface area contributed by atoms with Gasteiger partial charge in [0, 0.05) is 10.9 Å². The standard InChI is InChI=1S/C8H3ClN2O/c9-8(12)7-5-2-3-1-4(3)6(5)10-11-7/h1-2H,(H,10,11). The molecule has 0 saturated carbocycles. The molecule has 0 saturated heterocycles. The summed E-state index contributed by atoms with van der Waals surface area (Å²) in [6.45, 7) is 0. The van der Waals surface area contributed by atoms with E-state index in [1.807, 2.05) is 12.1 Å². The van der Waals surface area contributed by atoms with E-state index in [2.05, 4.69) is 10.2 Å². The van der Waals surface area contributed by atoms with Gasteiger partial charge in [0.15, 0.2) is 0 Å². The van der Waals surface area contributed by atoms with Crippen molar-refractivity contribution >= 4 is 27.7 Å². The Hall–Kier alpha value is -1.35. The number of carbonyl (C=O) groups excluding carboxylic acids is 1. The van der Waals surface area contributed by atoms with Gasteiger partial charge in [-0.3, -0.25) is 9.89 Å². The molecule has 0 aromatic carbocycles. The van der Waals surface area contributed by atoms with Crippen molar-refractivity contribution in [3.63, 3.8) is 0 Å². The number of nitrogens with zero attached hydrogens (tertiary/aromatic N) is 1. The number of carbonyl (C=O) groups is 1. The number of halogens is 1. The predicted molar refractivity (Wildman–Crippen MR) is 45.3 cm³/mol. The van der Waals surface area contributed by atoms with Gasteiger partial charge in [0.1, 0.15) is 11.2 Å². The SMILES string of the molecule is O=C(Cl)c1[nH]nc2c3cc-3cc12. The van der Waals surface area contributed by atoms with Gasteiger partial charge in [-0.15, -0.1) is 0 Å². The van der Waals surface area contributed by atoms with E-state index < -0.39 is 5.24 Å². The smallest absolute Gasteiger partial charge is 0.270 e. The molecule has 3 nitrogen and oxygen atoms in total. The zero-order chi connectivity index (χ0) is 8.29. The molecule has 0 atom stereocenters. The molecule has 3 rings (SSSR count). The van der Waals surface area contributed by atoms with Crippen LogP contribution in [0.2, 0.25) is 0 Å². The van der Waals surface area contributed by atoms with Crippen molar-refractivity contribution in [2.24, 2.45) is 0 Å². The minimum Gasteiger partial charge on any atom is -0.274 e. The molecule has 2 aliphatic carbocycles. The number of hydrogen-bond acceptors (Lipinski definition) is 2. The Morgan fingerprint density at radius 1 is 1.50 bits per heavy atom. The van der Waals surface area contributed by atoms with Gasteiger partial charge >= 0.3 is 0 Å². The molecule has 2 aliphatic rings. The fraction of sp³-hybridized carbons (Fsp3) is 0.